The molecule has 0 spiro atoms. The van der Waals surface area contributed by atoms with Gasteiger partial charge in [0, 0.05) is 30.9 Å². The van der Waals surface area contributed by atoms with Gasteiger partial charge in [-0.1, -0.05) is 44.2 Å². The Kier molecular flexibility index (Phi) is 4.15. The van der Waals surface area contributed by atoms with Gasteiger partial charge < -0.3 is 9.88 Å². The van der Waals surface area contributed by atoms with Crippen molar-refractivity contribution in [1.29, 1.82) is 0 Å². The van der Waals surface area contributed by atoms with Gasteiger partial charge in [-0.2, -0.15) is 0 Å². The number of benzene rings is 1. The summed E-state index contributed by atoms with van der Waals surface area (Å²) in [6.45, 7) is 5.26. The molecular weight excluding hydrogens is 222 g/mol. The number of likely N-dealkylation sites (N-methyl/N-ethyl adjacent to an activating group) is 1. The van der Waals surface area contributed by atoms with Gasteiger partial charge in [0.2, 0.25) is 0 Å². The van der Waals surface area contributed by atoms with E-state index in [1.54, 1.807) is 0 Å². The zero-order valence-corrected chi connectivity index (χ0v) is 11.3. The molecular formula is C15H21N3. The van der Waals surface area contributed by atoms with Crippen molar-refractivity contribution in [2.75, 3.05) is 7.05 Å². The molecule has 1 atom stereocenters. The van der Waals surface area contributed by atoms with Gasteiger partial charge in [0.05, 0.1) is 0 Å². The number of hydrogen-bond donors (Lipinski definition) is 1. The second-order valence-corrected chi connectivity index (χ2v) is 4.84. The molecule has 0 radical (unpaired) electrons. The molecule has 1 heterocycles. The SMILES string of the molecule is CNC(Cn1ccnc1C(C)C)c1ccccc1. The molecule has 0 bridgehead atoms. The summed E-state index contributed by atoms with van der Waals surface area (Å²) in [5.74, 6) is 1.60. The van der Waals surface area contributed by atoms with E-state index in [2.05, 4.69) is 59.2 Å². The maximum absolute atomic E-state index is 4.43. The summed E-state index contributed by atoms with van der Waals surface area (Å²) in [6, 6.07) is 10.8. The van der Waals surface area contributed by atoms with Gasteiger partial charge in [-0.05, 0) is 12.6 Å². The third-order valence-corrected chi connectivity index (χ3v) is 3.19. The van der Waals surface area contributed by atoms with Gasteiger partial charge in [-0.3, -0.25) is 0 Å². The highest BCUT2D eigenvalue weighted by Crippen LogP contribution is 2.18. The molecule has 0 amide bonds. The number of nitrogens with one attached hydrogen (secondary N) is 1. The van der Waals surface area contributed by atoms with E-state index < -0.39 is 0 Å². The Morgan fingerprint density at radius 3 is 2.56 bits per heavy atom. The number of hydrogen-bond acceptors (Lipinski definition) is 2. The molecule has 0 saturated carbocycles. The van der Waals surface area contributed by atoms with E-state index >= 15 is 0 Å². The van der Waals surface area contributed by atoms with Crippen molar-refractivity contribution >= 4 is 0 Å². The van der Waals surface area contributed by atoms with E-state index in [-0.39, 0.29) is 0 Å². The zero-order valence-electron chi connectivity index (χ0n) is 11.3. The van der Waals surface area contributed by atoms with Crippen LogP contribution in [0.1, 0.15) is 37.2 Å². The second-order valence-electron chi connectivity index (χ2n) is 4.84. The molecule has 2 rings (SSSR count). The van der Waals surface area contributed by atoms with Gasteiger partial charge in [0.15, 0.2) is 0 Å². The number of imidazole rings is 1. The van der Waals surface area contributed by atoms with Crippen molar-refractivity contribution in [1.82, 2.24) is 14.9 Å². The van der Waals surface area contributed by atoms with Crippen molar-refractivity contribution in [2.24, 2.45) is 0 Å². The quantitative estimate of drug-likeness (QED) is 0.875. The van der Waals surface area contributed by atoms with Crippen LogP contribution >= 0.6 is 0 Å². The van der Waals surface area contributed by atoms with E-state index in [1.807, 2.05) is 19.3 Å². The highest BCUT2D eigenvalue weighted by atomic mass is 15.1. The minimum Gasteiger partial charge on any atom is -0.333 e. The summed E-state index contributed by atoms with van der Waals surface area (Å²) in [4.78, 5) is 4.43. The van der Waals surface area contributed by atoms with Crippen LogP contribution in [0, 0.1) is 0 Å². The number of nitrogens with zero attached hydrogens (tertiary/aromatic N) is 2. The lowest BCUT2D eigenvalue weighted by atomic mass is 10.1. The third kappa shape index (κ3) is 2.79. The molecule has 0 aliphatic heterocycles. The first-order valence-corrected chi connectivity index (χ1v) is 6.45. The molecule has 18 heavy (non-hydrogen) atoms. The lowest BCUT2D eigenvalue weighted by molar-refractivity contribution is 0.481. The van der Waals surface area contributed by atoms with Crippen molar-refractivity contribution in [3.63, 3.8) is 0 Å². The Balaban J connectivity index is 2.18. The second kappa shape index (κ2) is 5.83. The highest BCUT2D eigenvalue weighted by molar-refractivity contribution is 5.19. The molecule has 0 fully saturated rings. The van der Waals surface area contributed by atoms with Crippen LogP contribution in [0.5, 0.6) is 0 Å². The normalized spacial score (nSPS) is 12.9. The van der Waals surface area contributed by atoms with Crippen LogP contribution in [0.2, 0.25) is 0 Å². The van der Waals surface area contributed by atoms with Crippen LogP contribution in [0.4, 0.5) is 0 Å². The van der Waals surface area contributed by atoms with E-state index in [4.69, 9.17) is 0 Å². The van der Waals surface area contributed by atoms with Crippen molar-refractivity contribution in [2.45, 2.75) is 32.4 Å². The van der Waals surface area contributed by atoms with E-state index in [0.717, 1.165) is 12.4 Å². The summed E-state index contributed by atoms with van der Waals surface area (Å²) >= 11 is 0. The molecule has 96 valence electrons. The topological polar surface area (TPSA) is 29.9 Å². The molecule has 0 aliphatic rings. The molecule has 3 nitrogen and oxygen atoms in total. The summed E-state index contributed by atoms with van der Waals surface area (Å²) in [6.07, 6.45) is 3.94. The van der Waals surface area contributed by atoms with E-state index in [1.165, 1.54) is 5.56 Å². The minimum absolute atomic E-state index is 0.318. The van der Waals surface area contributed by atoms with Gasteiger partial charge >= 0.3 is 0 Å². The van der Waals surface area contributed by atoms with Crippen LogP contribution < -0.4 is 5.32 Å². The Morgan fingerprint density at radius 2 is 1.94 bits per heavy atom. The number of rotatable bonds is 5. The fourth-order valence-electron chi connectivity index (χ4n) is 2.22. The first-order valence-electron chi connectivity index (χ1n) is 6.45. The van der Waals surface area contributed by atoms with Gasteiger partial charge in [-0.15, -0.1) is 0 Å². The van der Waals surface area contributed by atoms with Gasteiger partial charge in [-0.25, -0.2) is 4.98 Å². The minimum atomic E-state index is 0.318. The maximum atomic E-state index is 4.43. The van der Waals surface area contributed by atoms with Gasteiger partial charge in [0.1, 0.15) is 5.82 Å². The van der Waals surface area contributed by atoms with Crippen LogP contribution in [0.25, 0.3) is 0 Å². The summed E-state index contributed by atoms with van der Waals surface area (Å²) < 4.78 is 2.23. The predicted octanol–water partition coefficient (Wildman–Crippen LogP) is 2.97. The van der Waals surface area contributed by atoms with Gasteiger partial charge in [0.25, 0.3) is 0 Å². The lowest BCUT2D eigenvalue weighted by Gasteiger charge is -2.19. The molecule has 2 aromatic rings. The Morgan fingerprint density at radius 1 is 1.22 bits per heavy atom. The fraction of sp³-hybridized carbons (Fsp3) is 0.400. The molecule has 3 heteroatoms. The Bertz CT molecular complexity index is 473. The fourth-order valence-corrected chi connectivity index (χ4v) is 2.22. The first kappa shape index (κ1) is 12.8. The molecule has 1 aromatic heterocycles. The standard InChI is InChI=1S/C15H21N3/c1-12(2)15-17-9-10-18(15)11-14(16-3)13-7-5-4-6-8-13/h4-10,12,14,16H,11H2,1-3H3. The number of aromatic nitrogens is 2. The lowest BCUT2D eigenvalue weighted by Crippen LogP contribution is -2.22. The largest absolute Gasteiger partial charge is 0.333 e. The molecule has 0 saturated heterocycles. The molecule has 1 aromatic carbocycles. The molecule has 0 aliphatic carbocycles. The van der Waals surface area contributed by atoms with Crippen LogP contribution in [0.3, 0.4) is 0 Å². The van der Waals surface area contributed by atoms with Crippen molar-refractivity contribution < 1.29 is 0 Å². The molecule has 1 N–H and O–H groups in total. The average Bonchev–Trinajstić information content (AvgIpc) is 2.85. The Hall–Kier alpha value is -1.61. The maximum Gasteiger partial charge on any atom is 0.111 e. The smallest absolute Gasteiger partial charge is 0.111 e. The zero-order chi connectivity index (χ0) is 13.0. The summed E-state index contributed by atoms with van der Waals surface area (Å²) in [5, 5.41) is 3.37. The van der Waals surface area contributed by atoms with Crippen molar-refractivity contribution in [3.05, 3.63) is 54.1 Å². The van der Waals surface area contributed by atoms with E-state index in [0.29, 0.717) is 12.0 Å². The average molecular weight is 243 g/mol. The first-order chi connectivity index (χ1) is 8.72. The Labute approximate surface area is 109 Å². The molecule has 1 unspecified atom stereocenters. The predicted molar refractivity (Wildman–Crippen MR) is 74.6 cm³/mol. The monoisotopic (exact) mass is 243 g/mol. The van der Waals surface area contributed by atoms with Crippen molar-refractivity contribution in [3.8, 4) is 0 Å². The third-order valence-electron chi connectivity index (χ3n) is 3.19. The van der Waals surface area contributed by atoms with Crippen LogP contribution in [-0.2, 0) is 6.54 Å². The van der Waals surface area contributed by atoms with E-state index in [9.17, 15) is 0 Å². The van der Waals surface area contributed by atoms with Crippen LogP contribution in [-0.4, -0.2) is 16.6 Å². The van der Waals surface area contributed by atoms with Crippen LogP contribution in [0.15, 0.2) is 42.7 Å². The summed E-state index contributed by atoms with van der Waals surface area (Å²) in [7, 11) is 2.00. The summed E-state index contributed by atoms with van der Waals surface area (Å²) in [5.41, 5.74) is 1.31. The highest BCUT2D eigenvalue weighted by Gasteiger charge is 2.13.